The van der Waals surface area contributed by atoms with Crippen molar-refractivity contribution in [2.75, 3.05) is 18.2 Å². The lowest BCUT2D eigenvalue weighted by Gasteiger charge is -2.37. The first-order valence-corrected chi connectivity index (χ1v) is 5.94. The average Bonchev–Trinajstić information content (AvgIpc) is 2.59. The molecule has 0 spiro atoms. The van der Waals surface area contributed by atoms with Crippen LogP contribution in [-0.2, 0) is 9.59 Å². The van der Waals surface area contributed by atoms with Gasteiger partial charge in [-0.3, -0.25) is 9.59 Å². The van der Waals surface area contributed by atoms with E-state index in [1.165, 1.54) is 0 Å². The van der Waals surface area contributed by atoms with Crippen molar-refractivity contribution in [3.63, 3.8) is 0 Å². The molecule has 1 atom stereocenters. The number of hydrogen-bond donors (Lipinski definition) is 0. The Labute approximate surface area is 87.6 Å². The second kappa shape index (κ2) is 3.46. The molecule has 2 rings (SSSR count). The summed E-state index contributed by atoms with van der Waals surface area (Å²) in [5.41, 5.74) is 0. The second-order valence-electron chi connectivity index (χ2n) is 3.94. The van der Waals surface area contributed by atoms with Gasteiger partial charge in [-0.25, -0.2) is 0 Å². The lowest BCUT2D eigenvalue weighted by molar-refractivity contribution is -0.154. The maximum absolute atomic E-state index is 11.9. The Kier molecular flexibility index (Phi) is 2.43. The number of nitrogens with zero attached hydrogens (tertiary/aromatic N) is 2. The van der Waals surface area contributed by atoms with Gasteiger partial charge in [-0.1, -0.05) is 0 Å². The summed E-state index contributed by atoms with van der Waals surface area (Å²) in [6.07, 6.45) is 0. The molecule has 2 aliphatic heterocycles. The monoisotopic (exact) mass is 214 g/mol. The van der Waals surface area contributed by atoms with Crippen molar-refractivity contribution in [1.82, 2.24) is 9.80 Å². The predicted molar refractivity (Wildman–Crippen MR) is 54.8 cm³/mol. The first kappa shape index (κ1) is 9.83. The van der Waals surface area contributed by atoms with Crippen molar-refractivity contribution < 1.29 is 9.59 Å². The smallest absolute Gasteiger partial charge is 0.246 e. The molecular formula is C9H14N2O2S. The molecule has 78 valence electrons. The summed E-state index contributed by atoms with van der Waals surface area (Å²) in [5, 5.41) is 0. The fourth-order valence-corrected chi connectivity index (χ4v) is 3.01. The van der Waals surface area contributed by atoms with Gasteiger partial charge in [0.2, 0.25) is 11.8 Å². The number of thioether (sulfide) groups is 1. The highest BCUT2D eigenvalue weighted by atomic mass is 32.2. The molecule has 0 radical (unpaired) electrons. The minimum Gasteiger partial charge on any atom is -0.329 e. The Balaban J connectivity index is 2.20. The number of hydrogen-bond acceptors (Lipinski definition) is 3. The summed E-state index contributed by atoms with van der Waals surface area (Å²) in [7, 11) is 0. The van der Waals surface area contributed by atoms with Gasteiger partial charge in [-0.05, 0) is 13.8 Å². The van der Waals surface area contributed by atoms with Gasteiger partial charge >= 0.3 is 0 Å². The SMILES string of the molecule is CC(C)N1CC(=O)N2CSC[C@H]2C1=O. The molecule has 0 unspecified atom stereocenters. The van der Waals surface area contributed by atoms with Crippen LogP contribution in [-0.4, -0.2) is 51.9 Å². The van der Waals surface area contributed by atoms with E-state index in [2.05, 4.69) is 0 Å². The van der Waals surface area contributed by atoms with E-state index in [0.717, 1.165) is 5.75 Å². The van der Waals surface area contributed by atoms with Gasteiger partial charge in [-0.2, -0.15) is 0 Å². The molecule has 0 bridgehead atoms. The van der Waals surface area contributed by atoms with E-state index in [-0.39, 0.29) is 30.4 Å². The Hall–Kier alpha value is -0.710. The molecule has 2 fully saturated rings. The first-order chi connectivity index (χ1) is 6.61. The van der Waals surface area contributed by atoms with Crippen molar-refractivity contribution in [2.45, 2.75) is 25.9 Å². The lowest BCUT2D eigenvalue weighted by atomic mass is 10.1. The summed E-state index contributed by atoms with van der Waals surface area (Å²) < 4.78 is 0. The molecule has 2 saturated heterocycles. The molecule has 0 N–H and O–H groups in total. The summed E-state index contributed by atoms with van der Waals surface area (Å²) in [4.78, 5) is 26.9. The van der Waals surface area contributed by atoms with Gasteiger partial charge in [0.05, 0.1) is 5.88 Å². The number of amides is 2. The van der Waals surface area contributed by atoms with Gasteiger partial charge in [0.25, 0.3) is 0 Å². The lowest BCUT2D eigenvalue weighted by Crippen LogP contribution is -2.59. The standard InChI is InChI=1S/C9H14N2O2S/c1-6(2)10-3-8(12)11-5-14-4-7(11)9(10)13/h6-7H,3-5H2,1-2H3/t7-/m0/s1. The van der Waals surface area contributed by atoms with Crippen LogP contribution in [0.5, 0.6) is 0 Å². The predicted octanol–water partition coefficient (Wildman–Crippen LogP) is 0.139. The zero-order valence-corrected chi connectivity index (χ0v) is 9.21. The average molecular weight is 214 g/mol. The fourth-order valence-electron chi connectivity index (χ4n) is 1.84. The van der Waals surface area contributed by atoms with Crippen LogP contribution < -0.4 is 0 Å². The molecule has 14 heavy (non-hydrogen) atoms. The number of carbonyl (C=O) groups excluding carboxylic acids is 2. The number of carbonyl (C=O) groups is 2. The van der Waals surface area contributed by atoms with Crippen LogP contribution >= 0.6 is 11.8 Å². The van der Waals surface area contributed by atoms with Crippen LogP contribution in [0.4, 0.5) is 0 Å². The van der Waals surface area contributed by atoms with E-state index >= 15 is 0 Å². The molecule has 4 nitrogen and oxygen atoms in total. The van der Waals surface area contributed by atoms with E-state index in [1.807, 2.05) is 13.8 Å². The van der Waals surface area contributed by atoms with Crippen LogP contribution in [0, 0.1) is 0 Å². The maximum atomic E-state index is 11.9. The van der Waals surface area contributed by atoms with Crippen LogP contribution in [0.15, 0.2) is 0 Å². The summed E-state index contributed by atoms with van der Waals surface area (Å²) >= 11 is 1.66. The molecule has 0 aromatic rings. The van der Waals surface area contributed by atoms with Gasteiger partial charge in [0, 0.05) is 11.8 Å². The summed E-state index contributed by atoms with van der Waals surface area (Å²) in [5.74, 6) is 1.65. The highest BCUT2D eigenvalue weighted by Gasteiger charge is 2.42. The molecule has 2 amide bonds. The maximum Gasteiger partial charge on any atom is 0.246 e. The third kappa shape index (κ3) is 1.39. The van der Waals surface area contributed by atoms with Gasteiger partial charge in [0.1, 0.15) is 12.6 Å². The quantitative estimate of drug-likeness (QED) is 0.623. The van der Waals surface area contributed by atoms with Crippen molar-refractivity contribution in [3.8, 4) is 0 Å². The van der Waals surface area contributed by atoms with Crippen LogP contribution in [0.25, 0.3) is 0 Å². The minimum absolute atomic E-state index is 0.0910. The van der Waals surface area contributed by atoms with Crippen molar-refractivity contribution >= 4 is 23.6 Å². The molecule has 0 aliphatic carbocycles. The molecule has 5 heteroatoms. The molecule has 0 aromatic carbocycles. The van der Waals surface area contributed by atoms with E-state index in [1.54, 1.807) is 21.6 Å². The third-order valence-corrected chi connectivity index (χ3v) is 3.71. The highest BCUT2D eigenvalue weighted by molar-refractivity contribution is 7.99. The molecule has 0 saturated carbocycles. The van der Waals surface area contributed by atoms with Gasteiger partial charge in [-0.15, -0.1) is 11.8 Å². The number of rotatable bonds is 1. The molecule has 2 aliphatic rings. The zero-order chi connectivity index (χ0) is 10.3. The van der Waals surface area contributed by atoms with Crippen molar-refractivity contribution in [1.29, 1.82) is 0 Å². The van der Waals surface area contributed by atoms with E-state index in [4.69, 9.17) is 0 Å². The Bertz CT molecular complexity index is 276. The summed E-state index contributed by atoms with van der Waals surface area (Å²) in [6, 6.07) is -0.0668. The minimum atomic E-state index is -0.191. The topological polar surface area (TPSA) is 40.6 Å². The third-order valence-electron chi connectivity index (χ3n) is 2.70. The van der Waals surface area contributed by atoms with Crippen LogP contribution in [0.2, 0.25) is 0 Å². The van der Waals surface area contributed by atoms with E-state index in [0.29, 0.717) is 5.88 Å². The number of fused-ring (bicyclic) bond motifs is 1. The largest absolute Gasteiger partial charge is 0.329 e. The Morgan fingerprint density at radius 3 is 2.79 bits per heavy atom. The van der Waals surface area contributed by atoms with Crippen molar-refractivity contribution in [3.05, 3.63) is 0 Å². The second-order valence-corrected chi connectivity index (χ2v) is 4.94. The fraction of sp³-hybridized carbons (Fsp3) is 0.778. The normalized spacial score (nSPS) is 27.5. The Morgan fingerprint density at radius 2 is 2.14 bits per heavy atom. The molecule has 2 heterocycles. The number of piperazine rings is 1. The highest BCUT2D eigenvalue weighted by Crippen LogP contribution is 2.26. The molecular weight excluding hydrogens is 200 g/mol. The first-order valence-electron chi connectivity index (χ1n) is 4.79. The zero-order valence-electron chi connectivity index (χ0n) is 8.40. The van der Waals surface area contributed by atoms with E-state index in [9.17, 15) is 9.59 Å². The van der Waals surface area contributed by atoms with E-state index < -0.39 is 0 Å². The molecule has 0 aromatic heterocycles. The van der Waals surface area contributed by atoms with Gasteiger partial charge in [0.15, 0.2) is 0 Å². The van der Waals surface area contributed by atoms with Crippen LogP contribution in [0.1, 0.15) is 13.8 Å². The van der Waals surface area contributed by atoms with Gasteiger partial charge < -0.3 is 9.80 Å². The Morgan fingerprint density at radius 1 is 1.43 bits per heavy atom. The van der Waals surface area contributed by atoms with Crippen LogP contribution in [0.3, 0.4) is 0 Å². The van der Waals surface area contributed by atoms with Crippen molar-refractivity contribution in [2.24, 2.45) is 0 Å². The summed E-state index contributed by atoms with van der Waals surface area (Å²) in [6.45, 7) is 4.15.